The van der Waals surface area contributed by atoms with Gasteiger partial charge in [0.2, 0.25) is 0 Å². The zero-order valence-corrected chi connectivity index (χ0v) is 42.5. The van der Waals surface area contributed by atoms with Gasteiger partial charge in [0.15, 0.2) is 6.10 Å². The van der Waals surface area contributed by atoms with Gasteiger partial charge in [-0.1, -0.05) is 254 Å². The van der Waals surface area contributed by atoms with Crippen LogP contribution in [0.25, 0.3) is 0 Å². The number of ether oxygens (including phenoxy) is 3. The second-order valence-corrected chi connectivity index (χ2v) is 17.9. The maximum atomic E-state index is 12.8. The fourth-order valence-corrected chi connectivity index (χ4v) is 7.45. The van der Waals surface area contributed by atoms with Crippen LogP contribution in [0.15, 0.2) is 85.1 Å². The van der Waals surface area contributed by atoms with Crippen LogP contribution in [-0.4, -0.2) is 37.2 Å². The minimum absolute atomic E-state index is 0.0988. The summed E-state index contributed by atoms with van der Waals surface area (Å²) in [4.78, 5) is 38.0. The number of unbranched alkanes of at least 4 members (excludes halogenated alkanes) is 28. The third-order valence-corrected chi connectivity index (χ3v) is 11.5. The molecule has 0 fully saturated rings. The molecule has 0 N–H and O–H groups in total. The predicted octanol–water partition coefficient (Wildman–Crippen LogP) is 18.0. The molecule has 0 amide bonds. The van der Waals surface area contributed by atoms with Crippen LogP contribution in [0.5, 0.6) is 0 Å². The Balaban J connectivity index is 4.45. The Morgan fingerprint density at radius 2 is 0.600 bits per heavy atom. The minimum Gasteiger partial charge on any atom is -0.462 e. The zero-order valence-electron chi connectivity index (χ0n) is 42.5. The van der Waals surface area contributed by atoms with Gasteiger partial charge in [-0.25, -0.2) is 0 Å². The summed E-state index contributed by atoms with van der Waals surface area (Å²) in [6.45, 7) is 6.44. The molecule has 0 aromatic heterocycles. The third kappa shape index (κ3) is 51.4. The van der Waals surface area contributed by atoms with E-state index in [-0.39, 0.29) is 31.1 Å². The third-order valence-electron chi connectivity index (χ3n) is 11.5. The number of hydrogen-bond donors (Lipinski definition) is 0. The highest BCUT2D eigenvalue weighted by atomic mass is 16.6. The Labute approximate surface area is 401 Å². The van der Waals surface area contributed by atoms with Crippen LogP contribution in [-0.2, 0) is 28.6 Å². The maximum absolute atomic E-state index is 12.8. The van der Waals surface area contributed by atoms with Gasteiger partial charge >= 0.3 is 17.9 Å². The smallest absolute Gasteiger partial charge is 0.306 e. The first-order chi connectivity index (χ1) is 32.0. The lowest BCUT2D eigenvalue weighted by Crippen LogP contribution is -2.30. The van der Waals surface area contributed by atoms with Gasteiger partial charge < -0.3 is 14.2 Å². The summed E-state index contributed by atoms with van der Waals surface area (Å²) in [7, 11) is 0. The van der Waals surface area contributed by atoms with Gasteiger partial charge in [0.05, 0.1) is 0 Å². The van der Waals surface area contributed by atoms with Gasteiger partial charge in [-0.3, -0.25) is 14.4 Å². The fourth-order valence-electron chi connectivity index (χ4n) is 7.45. The number of allylic oxidation sites excluding steroid dienone is 14. The van der Waals surface area contributed by atoms with Crippen LogP contribution in [0, 0.1) is 0 Å². The van der Waals surface area contributed by atoms with Crippen LogP contribution < -0.4 is 0 Å². The van der Waals surface area contributed by atoms with Crippen molar-refractivity contribution in [3.05, 3.63) is 85.1 Å². The topological polar surface area (TPSA) is 78.9 Å². The molecule has 0 radical (unpaired) electrons. The maximum Gasteiger partial charge on any atom is 0.306 e. The Morgan fingerprint density at radius 1 is 0.323 bits per heavy atom. The van der Waals surface area contributed by atoms with E-state index in [4.69, 9.17) is 14.2 Å². The van der Waals surface area contributed by atoms with E-state index < -0.39 is 6.10 Å². The quantitative estimate of drug-likeness (QED) is 0.0262. The molecule has 0 saturated heterocycles. The monoisotopic (exact) mass is 905 g/mol. The van der Waals surface area contributed by atoms with Crippen molar-refractivity contribution in [2.45, 2.75) is 258 Å². The van der Waals surface area contributed by atoms with E-state index in [2.05, 4.69) is 69.4 Å². The van der Waals surface area contributed by atoms with Crippen LogP contribution in [0.3, 0.4) is 0 Å². The van der Waals surface area contributed by atoms with Crippen molar-refractivity contribution in [1.82, 2.24) is 0 Å². The summed E-state index contributed by atoms with van der Waals surface area (Å²) in [6.07, 6.45) is 68.5. The van der Waals surface area contributed by atoms with Gasteiger partial charge in [-0.2, -0.15) is 0 Å². The summed E-state index contributed by atoms with van der Waals surface area (Å²) in [5.41, 5.74) is 0. The Morgan fingerprint density at radius 3 is 0.954 bits per heavy atom. The molecule has 0 aliphatic rings. The average molecular weight is 905 g/mol. The Hall–Kier alpha value is -3.41. The molecule has 0 aliphatic heterocycles. The highest BCUT2D eigenvalue weighted by Crippen LogP contribution is 2.15. The van der Waals surface area contributed by atoms with Crippen LogP contribution in [0.1, 0.15) is 252 Å². The van der Waals surface area contributed by atoms with E-state index in [9.17, 15) is 14.4 Å². The SMILES string of the molecule is CC\C=C/C=C\C=C/C=C\CCCCCC(=O)OCC(COC(=O)CCCCCCC\C=C/C=C\C=C/CCCCCCC)OC(=O)CCCCCCCCCCCCCCCCCC. The van der Waals surface area contributed by atoms with E-state index in [0.717, 1.165) is 96.3 Å². The van der Waals surface area contributed by atoms with Crippen molar-refractivity contribution in [2.24, 2.45) is 0 Å². The van der Waals surface area contributed by atoms with E-state index in [0.29, 0.717) is 19.3 Å². The van der Waals surface area contributed by atoms with Crippen molar-refractivity contribution in [3.63, 3.8) is 0 Å². The summed E-state index contributed by atoms with van der Waals surface area (Å²) < 4.78 is 16.8. The number of esters is 3. The van der Waals surface area contributed by atoms with Crippen molar-refractivity contribution in [3.8, 4) is 0 Å². The molecule has 0 aromatic carbocycles. The largest absolute Gasteiger partial charge is 0.462 e. The highest BCUT2D eigenvalue weighted by Gasteiger charge is 2.19. The zero-order chi connectivity index (χ0) is 47.2. The van der Waals surface area contributed by atoms with Gasteiger partial charge in [0.25, 0.3) is 0 Å². The van der Waals surface area contributed by atoms with E-state index in [1.54, 1.807) is 0 Å². The first-order valence-corrected chi connectivity index (χ1v) is 27.2. The lowest BCUT2D eigenvalue weighted by Gasteiger charge is -2.18. The first-order valence-electron chi connectivity index (χ1n) is 27.2. The molecule has 65 heavy (non-hydrogen) atoms. The molecule has 6 heteroatoms. The Bertz CT molecular complexity index is 1270. The van der Waals surface area contributed by atoms with Crippen molar-refractivity contribution >= 4 is 17.9 Å². The van der Waals surface area contributed by atoms with Crippen molar-refractivity contribution < 1.29 is 28.6 Å². The molecule has 1 unspecified atom stereocenters. The number of hydrogen-bond acceptors (Lipinski definition) is 6. The molecule has 6 nitrogen and oxygen atoms in total. The molecule has 1 atom stereocenters. The minimum atomic E-state index is -0.800. The van der Waals surface area contributed by atoms with Crippen LogP contribution in [0.2, 0.25) is 0 Å². The summed E-state index contributed by atoms with van der Waals surface area (Å²) in [5.74, 6) is -0.952. The predicted molar refractivity (Wildman–Crippen MR) is 279 cm³/mol. The molecular formula is C59H100O6. The molecule has 0 saturated carbocycles. The average Bonchev–Trinajstić information content (AvgIpc) is 3.30. The van der Waals surface area contributed by atoms with Crippen LogP contribution >= 0.6 is 0 Å². The van der Waals surface area contributed by atoms with Crippen LogP contribution in [0.4, 0.5) is 0 Å². The standard InChI is InChI=1S/C59H100O6/c1-4-7-10-13-16-19-22-25-27-29-30-32-34-37-40-43-46-49-52-58(61)64-55-56(54-63-57(60)51-48-45-42-39-36-33-24-21-18-15-12-9-6-3)65-59(62)53-50-47-44-41-38-35-31-28-26-23-20-17-14-11-8-5-2/h9,12,15,18,21-22,24-25,27,29-30,32-33,36,56H,4-8,10-11,13-14,16-17,19-20,23,26,28,31,34-35,37-55H2,1-3H3/b12-9-,18-15-,24-21-,25-22-,29-27-,32-30-,36-33-. The Kier molecular flexibility index (Phi) is 50.4. The molecule has 0 heterocycles. The summed E-state index contributed by atoms with van der Waals surface area (Å²) >= 11 is 0. The highest BCUT2D eigenvalue weighted by molar-refractivity contribution is 5.71. The molecule has 0 aliphatic carbocycles. The molecule has 0 bridgehead atoms. The lowest BCUT2D eigenvalue weighted by atomic mass is 10.0. The van der Waals surface area contributed by atoms with E-state index in [1.165, 1.54) is 116 Å². The molecule has 372 valence electrons. The van der Waals surface area contributed by atoms with E-state index >= 15 is 0 Å². The van der Waals surface area contributed by atoms with Gasteiger partial charge in [-0.05, 0) is 64.2 Å². The normalized spacial score (nSPS) is 12.7. The summed E-state index contributed by atoms with van der Waals surface area (Å²) in [6, 6.07) is 0. The van der Waals surface area contributed by atoms with Crippen molar-refractivity contribution in [2.75, 3.05) is 13.2 Å². The lowest BCUT2D eigenvalue weighted by molar-refractivity contribution is -0.167. The fraction of sp³-hybridized carbons (Fsp3) is 0.712. The number of carbonyl (C=O) groups excluding carboxylic acids is 3. The molecule has 0 rings (SSSR count). The summed E-state index contributed by atoms with van der Waals surface area (Å²) in [5, 5.41) is 0. The molecule has 0 aromatic rings. The second kappa shape index (κ2) is 53.2. The molecular weight excluding hydrogens is 805 g/mol. The second-order valence-electron chi connectivity index (χ2n) is 17.9. The van der Waals surface area contributed by atoms with Gasteiger partial charge in [0, 0.05) is 19.3 Å². The van der Waals surface area contributed by atoms with Crippen molar-refractivity contribution in [1.29, 1.82) is 0 Å². The number of rotatable bonds is 48. The van der Waals surface area contributed by atoms with E-state index in [1.807, 2.05) is 36.5 Å². The molecule has 0 spiro atoms. The number of carbonyl (C=O) groups is 3. The van der Waals surface area contributed by atoms with Gasteiger partial charge in [-0.15, -0.1) is 0 Å². The first kappa shape index (κ1) is 61.6. The van der Waals surface area contributed by atoms with Gasteiger partial charge in [0.1, 0.15) is 13.2 Å².